The van der Waals surface area contributed by atoms with Crippen LogP contribution in [0.3, 0.4) is 0 Å². The van der Waals surface area contributed by atoms with Crippen molar-refractivity contribution in [3.63, 3.8) is 0 Å². The monoisotopic (exact) mass is 378 g/mol. The summed E-state index contributed by atoms with van der Waals surface area (Å²) in [5.41, 5.74) is 6.40. The van der Waals surface area contributed by atoms with E-state index in [2.05, 4.69) is 20.9 Å². The van der Waals surface area contributed by atoms with Gasteiger partial charge in [0.1, 0.15) is 0 Å². The van der Waals surface area contributed by atoms with Gasteiger partial charge in [0.25, 0.3) is 0 Å². The molecule has 1 unspecified atom stereocenters. The second-order valence-corrected chi connectivity index (χ2v) is 5.78. The summed E-state index contributed by atoms with van der Waals surface area (Å²) in [5, 5.41) is 0.445. The summed E-state index contributed by atoms with van der Waals surface area (Å²) in [4.78, 5) is 3.86. The zero-order valence-electron chi connectivity index (χ0n) is 10.7. The third-order valence-electron chi connectivity index (χ3n) is 3.02. The lowest BCUT2D eigenvalue weighted by Gasteiger charge is -2.16. The van der Waals surface area contributed by atoms with Crippen molar-refractivity contribution >= 4 is 27.5 Å². The van der Waals surface area contributed by atoms with Gasteiger partial charge in [-0.05, 0) is 35.7 Å². The van der Waals surface area contributed by atoms with Crippen LogP contribution in [0.15, 0.2) is 41.1 Å². The molecule has 2 rings (SSSR count). The van der Waals surface area contributed by atoms with Crippen molar-refractivity contribution in [3.05, 3.63) is 62.8 Å². The van der Waals surface area contributed by atoms with Gasteiger partial charge in [-0.2, -0.15) is 13.2 Å². The van der Waals surface area contributed by atoms with Crippen LogP contribution in [0.1, 0.15) is 22.7 Å². The fourth-order valence-corrected chi connectivity index (χ4v) is 2.58. The molecule has 0 bridgehead atoms. The van der Waals surface area contributed by atoms with Crippen molar-refractivity contribution in [1.82, 2.24) is 4.98 Å². The Labute approximate surface area is 133 Å². The van der Waals surface area contributed by atoms with Crippen LogP contribution in [0.5, 0.6) is 0 Å². The maximum atomic E-state index is 12.9. The third kappa shape index (κ3) is 3.96. The average molecular weight is 380 g/mol. The van der Waals surface area contributed by atoms with Crippen LogP contribution < -0.4 is 5.73 Å². The standard InChI is InChI=1S/C14H11BrClF3N2/c15-11-2-1-9(5-10(11)14(17,18)19)13(20)6-8-3-4-21-7-12(8)16/h1-5,7,13H,6,20H2. The topological polar surface area (TPSA) is 38.9 Å². The molecule has 1 aromatic carbocycles. The lowest BCUT2D eigenvalue weighted by molar-refractivity contribution is -0.138. The van der Waals surface area contributed by atoms with Gasteiger partial charge in [0.05, 0.1) is 10.6 Å². The molecule has 0 radical (unpaired) electrons. The van der Waals surface area contributed by atoms with Crippen molar-refractivity contribution in [2.45, 2.75) is 18.6 Å². The first-order valence-corrected chi connectivity index (χ1v) is 7.16. The van der Waals surface area contributed by atoms with E-state index in [9.17, 15) is 13.2 Å². The van der Waals surface area contributed by atoms with Crippen LogP contribution in [0.25, 0.3) is 0 Å². The number of halogens is 5. The van der Waals surface area contributed by atoms with E-state index in [-0.39, 0.29) is 4.47 Å². The molecule has 7 heteroatoms. The van der Waals surface area contributed by atoms with E-state index < -0.39 is 17.8 Å². The van der Waals surface area contributed by atoms with Crippen LogP contribution in [-0.2, 0) is 12.6 Å². The molecule has 2 aromatic rings. The van der Waals surface area contributed by atoms with E-state index in [1.165, 1.54) is 12.3 Å². The fraction of sp³-hybridized carbons (Fsp3) is 0.214. The molecule has 0 saturated heterocycles. The van der Waals surface area contributed by atoms with Gasteiger partial charge < -0.3 is 5.73 Å². The predicted octanol–water partition coefficient (Wildman–Crippen LogP) is 4.76. The van der Waals surface area contributed by atoms with Crippen LogP contribution >= 0.6 is 27.5 Å². The lowest BCUT2D eigenvalue weighted by atomic mass is 9.98. The minimum Gasteiger partial charge on any atom is -0.324 e. The molecule has 1 heterocycles. The number of benzene rings is 1. The van der Waals surface area contributed by atoms with Gasteiger partial charge in [0.2, 0.25) is 0 Å². The SMILES string of the molecule is NC(Cc1ccncc1Cl)c1ccc(Br)c(C(F)(F)F)c1. The molecular formula is C14H11BrClF3N2. The van der Waals surface area contributed by atoms with Crippen molar-refractivity contribution in [1.29, 1.82) is 0 Å². The Balaban J connectivity index is 2.28. The average Bonchev–Trinajstić information content (AvgIpc) is 2.40. The lowest BCUT2D eigenvalue weighted by Crippen LogP contribution is -2.15. The molecule has 0 spiro atoms. The maximum absolute atomic E-state index is 12.9. The number of nitrogens with two attached hydrogens (primary N) is 1. The van der Waals surface area contributed by atoms with Gasteiger partial charge in [-0.3, -0.25) is 4.98 Å². The van der Waals surface area contributed by atoms with E-state index in [0.29, 0.717) is 17.0 Å². The zero-order valence-corrected chi connectivity index (χ0v) is 13.0. The zero-order chi connectivity index (χ0) is 15.6. The van der Waals surface area contributed by atoms with Crippen molar-refractivity contribution in [3.8, 4) is 0 Å². The molecule has 1 aromatic heterocycles. The smallest absolute Gasteiger partial charge is 0.324 e. The quantitative estimate of drug-likeness (QED) is 0.835. The van der Waals surface area contributed by atoms with Crippen LogP contribution in [0, 0.1) is 0 Å². The molecule has 2 N–H and O–H groups in total. The summed E-state index contributed by atoms with van der Waals surface area (Å²) in [6, 6.07) is 5.10. The van der Waals surface area contributed by atoms with Gasteiger partial charge >= 0.3 is 6.18 Å². The summed E-state index contributed by atoms with van der Waals surface area (Å²) in [5.74, 6) is 0. The van der Waals surface area contributed by atoms with E-state index in [1.54, 1.807) is 18.3 Å². The molecule has 0 aliphatic heterocycles. The Morgan fingerprint density at radius 3 is 2.62 bits per heavy atom. The van der Waals surface area contributed by atoms with Crippen molar-refractivity contribution in [2.75, 3.05) is 0 Å². The Kier molecular flexibility index (Phi) is 4.91. The van der Waals surface area contributed by atoms with Crippen LogP contribution in [0.2, 0.25) is 5.02 Å². The highest BCUT2D eigenvalue weighted by molar-refractivity contribution is 9.10. The predicted molar refractivity (Wildman–Crippen MR) is 79.0 cm³/mol. The third-order valence-corrected chi connectivity index (χ3v) is 4.05. The molecule has 21 heavy (non-hydrogen) atoms. The largest absolute Gasteiger partial charge is 0.417 e. The Morgan fingerprint density at radius 2 is 2.00 bits per heavy atom. The van der Waals surface area contributed by atoms with E-state index >= 15 is 0 Å². The molecule has 1 atom stereocenters. The summed E-state index contributed by atoms with van der Waals surface area (Å²) in [7, 11) is 0. The highest BCUT2D eigenvalue weighted by atomic mass is 79.9. The van der Waals surface area contributed by atoms with E-state index in [1.807, 2.05) is 0 Å². The van der Waals surface area contributed by atoms with Crippen molar-refractivity contribution < 1.29 is 13.2 Å². The number of rotatable bonds is 3. The number of hydrogen-bond acceptors (Lipinski definition) is 2. The second kappa shape index (κ2) is 6.34. The second-order valence-electron chi connectivity index (χ2n) is 4.51. The van der Waals surface area contributed by atoms with Gasteiger partial charge in [-0.1, -0.05) is 33.6 Å². The van der Waals surface area contributed by atoms with Gasteiger partial charge in [-0.25, -0.2) is 0 Å². The Hall–Kier alpha value is -1.11. The van der Waals surface area contributed by atoms with Crippen LogP contribution in [-0.4, -0.2) is 4.98 Å². The normalized spacial score (nSPS) is 13.2. The number of nitrogens with zero attached hydrogens (tertiary/aromatic N) is 1. The highest BCUT2D eigenvalue weighted by Crippen LogP contribution is 2.36. The molecule has 0 aliphatic rings. The van der Waals surface area contributed by atoms with E-state index in [0.717, 1.165) is 11.6 Å². The number of pyridine rings is 1. The molecule has 0 saturated carbocycles. The van der Waals surface area contributed by atoms with E-state index in [4.69, 9.17) is 17.3 Å². The summed E-state index contributed by atoms with van der Waals surface area (Å²) >= 11 is 8.88. The first-order chi connectivity index (χ1) is 9.79. The first-order valence-electron chi connectivity index (χ1n) is 5.99. The van der Waals surface area contributed by atoms with Crippen LogP contribution in [0.4, 0.5) is 13.2 Å². The molecule has 112 valence electrons. The van der Waals surface area contributed by atoms with Crippen molar-refractivity contribution in [2.24, 2.45) is 5.73 Å². The summed E-state index contributed by atoms with van der Waals surface area (Å²) in [6.07, 6.45) is -1.05. The molecule has 0 aliphatic carbocycles. The Bertz CT molecular complexity index is 646. The van der Waals surface area contributed by atoms with Gasteiger partial charge in [0, 0.05) is 22.9 Å². The fourth-order valence-electron chi connectivity index (χ4n) is 1.92. The number of aromatic nitrogens is 1. The number of alkyl halides is 3. The highest BCUT2D eigenvalue weighted by Gasteiger charge is 2.33. The first kappa shape index (κ1) is 16.3. The molecule has 0 fully saturated rings. The molecule has 0 amide bonds. The maximum Gasteiger partial charge on any atom is 0.417 e. The van der Waals surface area contributed by atoms with Gasteiger partial charge in [0.15, 0.2) is 0 Å². The summed E-state index contributed by atoms with van der Waals surface area (Å²) < 4.78 is 38.6. The number of hydrogen-bond donors (Lipinski definition) is 1. The van der Waals surface area contributed by atoms with Gasteiger partial charge in [-0.15, -0.1) is 0 Å². The minimum absolute atomic E-state index is 0.00658. The minimum atomic E-state index is -4.43. The molecule has 2 nitrogen and oxygen atoms in total. The molecular weight excluding hydrogens is 369 g/mol. The Morgan fingerprint density at radius 1 is 1.29 bits per heavy atom. The summed E-state index contributed by atoms with van der Waals surface area (Å²) in [6.45, 7) is 0.